The van der Waals surface area contributed by atoms with E-state index in [0.29, 0.717) is 11.3 Å². The standard InChI is InChI=1S/C10H15NO4S/c1-16(14,15)9(6-12)10(13)7-3-2-4-8(11)5-7/h2-5,9-10,12-13H,6,11H2,1H3. The number of hydrogen-bond acceptors (Lipinski definition) is 5. The molecule has 0 radical (unpaired) electrons. The molecule has 0 spiro atoms. The fourth-order valence-electron chi connectivity index (χ4n) is 1.43. The van der Waals surface area contributed by atoms with Gasteiger partial charge in [0.15, 0.2) is 9.84 Å². The summed E-state index contributed by atoms with van der Waals surface area (Å²) >= 11 is 0. The smallest absolute Gasteiger partial charge is 0.155 e. The number of sulfone groups is 1. The van der Waals surface area contributed by atoms with Crippen LogP contribution in [-0.2, 0) is 9.84 Å². The van der Waals surface area contributed by atoms with Crippen LogP contribution in [-0.4, -0.2) is 36.7 Å². The van der Waals surface area contributed by atoms with Gasteiger partial charge in [0, 0.05) is 11.9 Å². The lowest BCUT2D eigenvalue weighted by Crippen LogP contribution is -2.31. The topological polar surface area (TPSA) is 101 Å². The number of nitrogen functional groups attached to an aromatic ring is 1. The molecule has 0 aliphatic heterocycles. The lowest BCUT2D eigenvalue weighted by molar-refractivity contribution is 0.138. The molecule has 2 unspecified atom stereocenters. The van der Waals surface area contributed by atoms with Crippen molar-refractivity contribution in [2.75, 3.05) is 18.6 Å². The van der Waals surface area contributed by atoms with E-state index in [1.54, 1.807) is 18.2 Å². The molecule has 0 aliphatic carbocycles. The zero-order valence-corrected chi connectivity index (χ0v) is 9.68. The van der Waals surface area contributed by atoms with Gasteiger partial charge in [0.25, 0.3) is 0 Å². The third-order valence-electron chi connectivity index (χ3n) is 2.33. The Hall–Kier alpha value is -1.11. The molecule has 0 amide bonds. The van der Waals surface area contributed by atoms with Crippen molar-refractivity contribution in [1.82, 2.24) is 0 Å². The summed E-state index contributed by atoms with van der Waals surface area (Å²) in [6, 6.07) is 6.29. The van der Waals surface area contributed by atoms with Crippen LogP contribution >= 0.6 is 0 Å². The molecule has 4 N–H and O–H groups in total. The summed E-state index contributed by atoms with van der Waals surface area (Å²) in [5, 5.41) is 17.6. The molecule has 1 aromatic rings. The summed E-state index contributed by atoms with van der Waals surface area (Å²) in [7, 11) is -3.52. The van der Waals surface area contributed by atoms with Crippen molar-refractivity contribution in [2.45, 2.75) is 11.4 Å². The lowest BCUT2D eigenvalue weighted by atomic mass is 10.1. The van der Waals surface area contributed by atoms with Gasteiger partial charge < -0.3 is 15.9 Å². The first kappa shape index (κ1) is 13.0. The van der Waals surface area contributed by atoms with Crippen molar-refractivity contribution in [1.29, 1.82) is 0 Å². The second-order valence-electron chi connectivity index (χ2n) is 3.67. The number of aliphatic hydroxyl groups is 2. The summed E-state index contributed by atoms with van der Waals surface area (Å²) in [6.45, 7) is -0.630. The third kappa shape index (κ3) is 2.94. The molecule has 0 aliphatic rings. The Morgan fingerprint density at radius 1 is 1.44 bits per heavy atom. The van der Waals surface area contributed by atoms with E-state index in [1.807, 2.05) is 0 Å². The first-order chi connectivity index (χ1) is 7.36. The highest BCUT2D eigenvalue weighted by Gasteiger charge is 2.29. The predicted molar refractivity (Wildman–Crippen MR) is 61.5 cm³/mol. The van der Waals surface area contributed by atoms with Crippen LogP contribution in [0.2, 0.25) is 0 Å². The summed E-state index contributed by atoms with van der Waals surface area (Å²) < 4.78 is 22.6. The largest absolute Gasteiger partial charge is 0.399 e. The van der Waals surface area contributed by atoms with E-state index < -0.39 is 27.8 Å². The van der Waals surface area contributed by atoms with E-state index in [-0.39, 0.29) is 0 Å². The molecule has 16 heavy (non-hydrogen) atoms. The molecule has 0 saturated heterocycles. The average Bonchev–Trinajstić information content (AvgIpc) is 2.16. The van der Waals surface area contributed by atoms with Gasteiger partial charge in [-0.15, -0.1) is 0 Å². The summed E-state index contributed by atoms with van der Waals surface area (Å²) in [5.41, 5.74) is 6.34. The monoisotopic (exact) mass is 245 g/mol. The van der Waals surface area contributed by atoms with Crippen molar-refractivity contribution >= 4 is 15.5 Å². The van der Waals surface area contributed by atoms with Crippen molar-refractivity contribution < 1.29 is 18.6 Å². The molecule has 0 aromatic heterocycles. The number of hydrogen-bond donors (Lipinski definition) is 3. The van der Waals surface area contributed by atoms with Gasteiger partial charge in [0.1, 0.15) is 5.25 Å². The van der Waals surface area contributed by atoms with E-state index in [9.17, 15) is 13.5 Å². The van der Waals surface area contributed by atoms with Crippen LogP contribution in [0.3, 0.4) is 0 Å². The van der Waals surface area contributed by atoms with E-state index in [2.05, 4.69) is 0 Å². The zero-order chi connectivity index (χ0) is 12.3. The van der Waals surface area contributed by atoms with Crippen LogP contribution in [0.25, 0.3) is 0 Å². The van der Waals surface area contributed by atoms with Gasteiger partial charge in [-0.05, 0) is 17.7 Å². The number of benzene rings is 1. The summed E-state index contributed by atoms with van der Waals surface area (Å²) in [6.07, 6.45) is -0.299. The van der Waals surface area contributed by atoms with Crippen LogP contribution in [0, 0.1) is 0 Å². The summed E-state index contributed by atoms with van der Waals surface area (Å²) in [5.74, 6) is 0. The average molecular weight is 245 g/mol. The molecule has 1 rings (SSSR count). The number of aliphatic hydroxyl groups excluding tert-OH is 2. The fourth-order valence-corrected chi connectivity index (χ4v) is 2.32. The maximum atomic E-state index is 11.3. The molecule has 1 aromatic carbocycles. The Bertz CT molecular complexity index is 458. The van der Waals surface area contributed by atoms with E-state index in [0.717, 1.165) is 6.26 Å². The highest BCUT2D eigenvalue weighted by atomic mass is 32.2. The minimum Gasteiger partial charge on any atom is -0.399 e. The van der Waals surface area contributed by atoms with E-state index in [4.69, 9.17) is 10.8 Å². The van der Waals surface area contributed by atoms with Crippen molar-refractivity contribution in [3.8, 4) is 0 Å². The van der Waals surface area contributed by atoms with Crippen molar-refractivity contribution in [3.05, 3.63) is 29.8 Å². The van der Waals surface area contributed by atoms with Crippen LogP contribution in [0.5, 0.6) is 0 Å². The quantitative estimate of drug-likeness (QED) is 0.633. The van der Waals surface area contributed by atoms with Gasteiger partial charge in [0.2, 0.25) is 0 Å². The van der Waals surface area contributed by atoms with E-state index >= 15 is 0 Å². The highest BCUT2D eigenvalue weighted by molar-refractivity contribution is 7.91. The lowest BCUT2D eigenvalue weighted by Gasteiger charge is -2.19. The molecule has 5 nitrogen and oxygen atoms in total. The second-order valence-corrected chi connectivity index (χ2v) is 5.93. The zero-order valence-electron chi connectivity index (χ0n) is 8.87. The van der Waals surface area contributed by atoms with Crippen molar-refractivity contribution in [3.63, 3.8) is 0 Å². The Balaban J connectivity index is 3.05. The van der Waals surface area contributed by atoms with Gasteiger partial charge in [-0.25, -0.2) is 8.42 Å². The maximum absolute atomic E-state index is 11.3. The predicted octanol–water partition coefficient (Wildman–Crippen LogP) is -0.292. The molecular weight excluding hydrogens is 230 g/mol. The number of anilines is 1. The molecule has 0 bridgehead atoms. The Morgan fingerprint density at radius 3 is 2.50 bits per heavy atom. The minimum absolute atomic E-state index is 0.379. The van der Waals surface area contributed by atoms with Gasteiger partial charge in [-0.2, -0.15) is 0 Å². The third-order valence-corrected chi connectivity index (χ3v) is 3.84. The Morgan fingerprint density at radius 2 is 2.06 bits per heavy atom. The molecule has 0 heterocycles. The highest BCUT2D eigenvalue weighted by Crippen LogP contribution is 2.23. The van der Waals surface area contributed by atoms with Crippen LogP contribution in [0.15, 0.2) is 24.3 Å². The van der Waals surface area contributed by atoms with Crippen molar-refractivity contribution in [2.24, 2.45) is 0 Å². The molecule has 90 valence electrons. The van der Waals surface area contributed by atoms with Gasteiger partial charge in [0.05, 0.1) is 12.7 Å². The molecule has 6 heteroatoms. The Kier molecular flexibility index (Phi) is 3.90. The Labute approximate surface area is 94.4 Å². The normalized spacial score (nSPS) is 15.7. The molecule has 0 saturated carbocycles. The van der Waals surface area contributed by atoms with Gasteiger partial charge in [-0.3, -0.25) is 0 Å². The van der Waals surface area contributed by atoms with Crippen LogP contribution < -0.4 is 5.73 Å². The van der Waals surface area contributed by atoms with Crippen LogP contribution in [0.1, 0.15) is 11.7 Å². The SMILES string of the molecule is CS(=O)(=O)C(CO)C(O)c1cccc(N)c1. The maximum Gasteiger partial charge on any atom is 0.155 e. The minimum atomic E-state index is -3.52. The number of nitrogens with two attached hydrogens (primary N) is 1. The molecular formula is C10H15NO4S. The van der Waals surface area contributed by atoms with Gasteiger partial charge in [-0.1, -0.05) is 12.1 Å². The van der Waals surface area contributed by atoms with Gasteiger partial charge >= 0.3 is 0 Å². The fraction of sp³-hybridized carbons (Fsp3) is 0.400. The summed E-state index contributed by atoms with van der Waals surface area (Å²) in [4.78, 5) is 0. The molecule has 2 atom stereocenters. The first-order valence-electron chi connectivity index (χ1n) is 4.69. The van der Waals surface area contributed by atoms with E-state index in [1.165, 1.54) is 6.07 Å². The number of rotatable bonds is 4. The second kappa shape index (κ2) is 4.82. The first-order valence-corrected chi connectivity index (χ1v) is 6.65. The van der Waals surface area contributed by atoms with Crippen LogP contribution in [0.4, 0.5) is 5.69 Å². The molecule has 0 fully saturated rings.